The maximum atomic E-state index is 11.7. The van der Waals surface area contributed by atoms with E-state index in [2.05, 4.69) is 16.0 Å². The van der Waals surface area contributed by atoms with E-state index in [1.54, 1.807) is 6.20 Å². The third-order valence-electron chi connectivity index (χ3n) is 3.41. The monoisotopic (exact) mass is 260 g/mol. The van der Waals surface area contributed by atoms with Gasteiger partial charge in [0.2, 0.25) is 0 Å². The number of esters is 1. The van der Waals surface area contributed by atoms with Crippen molar-refractivity contribution >= 4 is 11.5 Å². The van der Waals surface area contributed by atoms with E-state index in [9.17, 15) is 4.79 Å². The predicted octanol–water partition coefficient (Wildman–Crippen LogP) is 2.84. The van der Waals surface area contributed by atoms with Crippen molar-refractivity contribution in [3.05, 3.63) is 29.4 Å². The molecule has 0 aliphatic heterocycles. The average Bonchev–Trinajstić information content (AvgIpc) is 2.42. The lowest BCUT2D eigenvalue weighted by Crippen LogP contribution is -2.20. The lowest BCUT2D eigenvalue weighted by molar-refractivity contribution is -0.148. The van der Waals surface area contributed by atoms with Crippen LogP contribution in [-0.4, -0.2) is 22.5 Å². The second-order valence-corrected chi connectivity index (χ2v) is 4.90. The summed E-state index contributed by atoms with van der Waals surface area (Å²) in [5, 5.41) is 0. The van der Waals surface area contributed by atoms with E-state index in [-0.39, 0.29) is 11.9 Å². The summed E-state index contributed by atoms with van der Waals surface area (Å²) >= 11 is 0. The fourth-order valence-corrected chi connectivity index (χ4v) is 2.37. The van der Waals surface area contributed by atoms with Crippen LogP contribution in [0.25, 0.3) is 5.57 Å². The minimum Gasteiger partial charge on any atom is -0.466 e. The van der Waals surface area contributed by atoms with Gasteiger partial charge in [-0.05, 0) is 45.6 Å². The third kappa shape index (κ3) is 3.19. The molecule has 102 valence electrons. The quantitative estimate of drug-likeness (QED) is 0.784. The van der Waals surface area contributed by atoms with Crippen molar-refractivity contribution in [3.8, 4) is 0 Å². The second-order valence-electron chi connectivity index (χ2n) is 4.90. The van der Waals surface area contributed by atoms with E-state index in [4.69, 9.17) is 4.74 Å². The van der Waals surface area contributed by atoms with Crippen molar-refractivity contribution in [2.24, 2.45) is 5.92 Å². The van der Waals surface area contributed by atoms with E-state index >= 15 is 0 Å². The highest BCUT2D eigenvalue weighted by atomic mass is 16.5. The lowest BCUT2D eigenvalue weighted by Gasteiger charge is -2.20. The van der Waals surface area contributed by atoms with Gasteiger partial charge in [0.05, 0.1) is 29.6 Å². The Morgan fingerprint density at radius 2 is 2.26 bits per heavy atom. The zero-order chi connectivity index (χ0) is 13.8. The van der Waals surface area contributed by atoms with Gasteiger partial charge in [-0.2, -0.15) is 0 Å². The van der Waals surface area contributed by atoms with Crippen molar-refractivity contribution in [1.82, 2.24) is 9.97 Å². The first-order valence-corrected chi connectivity index (χ1v) is 6.78. The molecule has 1 aromatic rings. The molecule has 0 fully saturated rings. The van der Waals surface area contributed by atoms with Gasteiger partial charge in [0.25, 0.3) is 0 Å². The van der Waals surface area contributed by atoms with Crippen LogP contribution in [0.5, 0.6) is 0 Å². The van der Waals surface area contributed by atoms with Crippen molar-refractivity contribution in [1.29, 1.82) is 0 Å². The van der Waals surface area contributed by atoms with E-state index in [1.165, 1.54) is 5.57 Å². The first-order valence-electron chi connectivity index (χ1n) is 6.78. The molecule has 0 saturated heterocycles. The largest absolute Gasteiger partial charge is 0.466 e. The fourth-order valence-electron chi connectivity index (χ4n) is 2.37. The number of rotatable bonds is 3. The summed E-state index contributed by atoms with van der Waals surface area (Å²) in [5.41, 5.74) is 4.05. The van der Waals surface area contributed by atoms with Gasteiger partial charge in [0.1, 0.15) is 0 Å². The van der Waals surface area contributed by atoms with Crippen molar-refractivity contribution < 1.29 is 9.53 Å². The van der Waals surface area contributed by atoms with Crippen LogP contribution < -0.4 is 0 Å². The zero-order valence-corrected chi connectivity index (χ0v) is 11.8. The van der Waals surface area contributed by atoms with Crippen LogP contribution in [0.1, 0.15) is 43.3 Å². The summed E-state index contributed by atoms with van der Waals surface area (Å²) in [4.78, 5) is 20.6. The van der Waals surface area contributed by atoms with E-state index in [1.807, 2.05) is 20.8 Å². The van der Waals surface area contributed by atoms with Crippen molar-refractivity contribution in [2.45, 2.75) is 40.0 Å². The number of hydrogen-bond acceptors (Lipinski definition) is 4. The summed E-state index contributed by atoms with van der Waals surface area (Å²) < 4.78 is 5.07. The number of allylic oxidation sites excluding steroid dienone is 2. The van der Waals surface area contributed by atoms with Crippen LogP contribution in [0.3, 0.4) is 0 Å². The Bertz CT molecular complexity index is 509. The Labute approximate surface area is 113 Å². The van der Waals surface area contributed by atoms with Gasteiger partial charge < -0.3 is 4.74 Å². The van der Waals surface area contributed by atoms with E-state index < -0.39 is 0 Å². The van der Waals surface area contributed by atoms with Crippen LogP contribution in [0.2, 0.25) is 0 Å². The standard InChI is InChI=1S/C15H20N2O2/c1-4-19-15(18)13-7-5-12(6-8-13)14-11(3)16-9-10(2)17-14/h5,9,13H,4,6-8H2,1-3H3/t13-/m1/s1. The Morgan fingerprint density at radius 3 is 2.89 bits per heavy atom. The molecule has 4 nitrogen and oxygen atoms in total. The molecular formula is C15H20N2O2. The van der Waals surface area contributed by atoms with E-state index in [0.717, 1.165) is 36.3 Å². The molecule has 0 radical (unpaired) electrons. The molecule has 0 saturated carbocycles. The number of nitrogens with zero attached hydrogens (tertiary/aromatic N) is 2. The van der Waals surface area contributed by atoms with E-state index in [0.29, 0.717) is 6.61 Å². The smallest absolute Gasteiger partial charge is 0.309 e. The number of carbonyl (C=O) groups excluding carboxylic acids is 1. The van der Waals surface area contributed by atoms with Crippen LogP contribution in [-0.2, 0) is 9.53 Å². The van der Waals surface area contributed by atoms with Crippen molar-refractivity contribution in [2.75, 3.05) is 6.61 Å². The third-order valence-corrected chi connectivity index (χ3v) is 3.41. The van der Waals surface area contributed by atoms with Gasteiger partial charge in [-0.3, -0.25) is 9.78 Å². The summed E-state index contributed by atoms with van der Waals surface area (Å²) in [6.07, 6.45) is 6.33. The van der Waals surface area contributed by atoms with Crippen LogP contribution in [0.15, 0.2) is 12.3 Å². The highest BCUT2D eigenvalue weighted by molar-refractivity contribution is 5.75. The first-order chi connectivity index (χ1) is 9.11. The normalized spacial score (nSPS) is 18.9. The molecule has 2 rings (SSSR count). The molecule has 1 heterocycles. The number of hydrogen-bond donors (Lipinski definition) is 0. The number of aromatic nitrogens is 2. The summed E-state index contributed by atoms with van der Waals surface area (Å²) in [6, 6.07) is 0. The van der Waals surface area contributed by atoms with Crippen LogP contribution >= 0.6 is 0 Å². The maximum Gasteiger partial charge on any atom is 0.309 e. The van der Waals surface area contributed by atoms with Gasteiger partial charge in [-0.15, -0.1) is 0 Å². The Kier molecular flexibility index (Phi) is 4.30. The fraction of sp³-hybridized carbons (Fsp3) is 0.533. The molecule has 1 atom stereocenters. The lowest BCUT2D eigenvalue weighted by atomic mass is 9.88. The number of ether oxygens (including phenoxy) is 1. The molecule has 0 spiro atoms. The van der Waals surface area contributed by atoms with Gasteiger partial charge in [0, 0.05) is 6.20 Å². The van der Waals surface area contributed by atoms with Gasteiger partial charge in [-0.25, -0.2) is 4.98 Å². The topological polar surface area (TPSA) is 52.1 Å². The molecule has 1 aliphatic carbocycles. The molecule has 4 heteroatoms. The Balaban J connectivity index is 2.12. The molecule has 0 amide bonds. The highest BCUT2D eigenvalue weighted by Gasteiger charge is 2.24. The zero-order valence-electron chi connectivity index (χ0n) is 11.8. The molecule has 19 heavy (non-hydrogen) atoms. The molecule has 1 aliphatic rings. The van der Waals surface area contributed by atoms with Gasteiger partial charge >= 0.3 is 5.97 Å². The van der Waals surface area contributed by atoms with Crippen molar-refractivity contribution in [3.63, 3.8) is 0 Å². The average molecular weight is 260 g/mol. The maximum absolute atomic E-state index is 11.7. The molecule has 0 N–H and O–H groups in total. The number of aryl methyl sites for hydroxylation is 2. The SMILES string of the molecule is CCOC(=O)[C@@H]1CC=C(c2nc(C)cnc2C)CC1. The number of carbonyl (C=O) groups is 1. The minimum atomic E-state index is -0.0788. The molecule has 1 aromatic heterocycles. The highest BCUT2D eigenvalue weighted by Crippen LogP contribution is 2.30. The second kappa shape index (κ2) is 5.95. The Morgan fingerprint density at radius 1 is 1.47 bits per heavy atom. The summed E-state index contributed by atoms with van der Waals surface area (Å²) in [7, 11) is 0. The van der Waals surface area contributed by atoms with Crippen LogP contribution in [0.4, 0.5) is 0 Å². The van der Waals surface area contributed by atoms with Crippen LogP contribution in [0, 0.1) is 19.8 Å². The molecule has 0 aromatic carbocycles. The first kappa shape index (κ1) is 13.7. The molecule has 0 unspecified atom stereocenters. The predicted molar refractivity (Wildman–Crippen MR) is 73.5 cm³/mol. The Hall–Kier alpha value is -1.71. The van der Waals surface area contributed by atoms with Gasteiger partial charge in [-0.1, -0.05) is 6.08 Å². The molecular weight excluding hydrogens is 240 g/mol. The summed E-state index contributed by atoms with van der Waals surface area (Å²) in [6.45, 7) is 6.21. The van der Waals surface area contributed by atoms with Gasteiger partial charge in [0.15, 0.2) is 0 Å². The summed E-state index contributed by atoms with van der Waals surface area (Å²) in [5.74, 6) is -0.0772. The minimum absolute atomic E-state index is 0.00164. The molecule has 0 bridgehead atoms.